The van der Waals surface area contributed by atoms with Crippen LogP contribution in [0.2, 0.25) is 0 Å². The second-order valence-corrected chi connectivity index (χ2v) is 8.36. The summed E-state index contributed by atoms with van der Waals surface area (Å²) in [6.07, 6.45) is 3.05. The summed E-state index contributed by atoms with van der Waals surface area (Å²) in [5.74, 6) is 0.856. The molecule has 102 valence electrons. The van der Waals surface area contributed by atoms with Gasteiger partial charge >= 0.3 is 0 Å². The highest BCUT2D eigenvalue weighted by atomic mass is 35.5. The number of halogens is 1. The molecule has 0 aromatic rings. The van der Waals surface area contributed by atoms with Crippen LogP contribution in [0.5, 0.6) is 0 Å². The molecule has 1 aliphatic heterocycles. The van der Waals surface area contributed by atoms with E-state index in [4.69, 9.17) is 11.6 Å². The van der Waals surface area contributed by atoms with E-state index in [-0.39, 0.29) is 17.0 Å². The Bertz CT molecular complexity index is 335. The summed E-state index contributed by atoms with van der Waals surface area (Å²) in [6.45, 7) is 8.02. The molecule has 1 saturated heterocycles. The third-order valence-electron chi connectivity index (χ3n) is 3.64. The molecule has 1 aliphatic rings. The Balaban J connectivity index is 2.66. The first-order valence-corrected chi connectivity index (χ1v) is 8.45. The zero-order chi connectivity index (χ0) is 13.1. The van der Waals surface area contributed by atoms with Crippen LogP contribution >= 0.6 is 11.6 Å². The topological polar surface area (TPSA) is 37.4 Å². The molecule has 1 unspecified atom stereocenters. The maximum Gasteiger partial charge on any atom is 0.215 e. The van der Waals surface area contributed by atoms with E-state index in [0.29, 0.717) is 19.0 Å². The van der Waals surface area contributed by atoms with E-state index >= 15 is 0 Å². The predicted octanol–water partition coefficient (Wildman–Crippen LogP) is 2.70. The quantitative estimate of drug-likeness (QED) is 0.746. The fourth-order valence-corrected chi connectivity index (χ4v) is 4.27. The molecule has 5 heteroatoms. The van der Waals surface area contributed by atoms with Gasteiger partial charge in [0.1, 0.15) is 0 Å². The molecule has 0 aliphatic carbocycles. The van der Waals surface area contributed by atoms with Gasteiger partial charge in [-0.05, 0) is 30.6 Å². The van der Waals surface area contributed by atoms with Crippen LogP contribution in [0, 0.1) is 11.3 Å². The van der Waals surface area contributed by atoms with Crippen molar-refractivity contribution in [2.75, 3.05) is 24.7 Å². The summed E-state index contributed by atoms with van der Waals surface area (Å²) < 4.78 is 25.5. The largest absolute Gasteiger partial charge is 0.215 e. The van der Waals surface area contributed by atoms with E-state index in [1.165, 1.54) is 0 Å². The summed E-state index contributed by atoms with van der Waals surface area (Å²) >= 11 is 5.54. The van der Waals surface area contributed by atoms with Crippen LogP contribution in [0.1, 0.15) is 40.0 Å². The highest BCUT2D eigenvalue weighted by Gasteiger charge is 2.30. The van der Waals surface area contributed by atoms with Crippen LogP contribution in [-0.4, -0.2) is 37.4 Å². The van der Waals surface area contributed by atoms with Crippen molar-refractivity contribution in [1.82, 2.24) is 4.31 Å². The molecule has 0 saturated carbocycles. The molecule has 1 fully saturated rings. The molecule has 1 heterocycles. The number of rotatable bonds is 3. The fourth-order valence-electron chi connectivity index (χ4n) is 2.44. The maximum absolute atomic E-state index is 11.9. The molecule has 1 rings (SSSR count). The monoisotopic (exact) mass is 281 g/mol. The van der Waals surface area contributed by atoms with Gasteiger partial charge < -0.3 is 0 Å². The highest BCUT2D eigenvalue weighted by molar-refractivity contribution is 7.89. The summed E-state index contributed by atoms with van der Waals surface area (Å²) in [6, 6.07) is 0. The lowest BCUT2D eigenvalue weighted by atomic mass is 9.77. The van der Waals surface area contributed by atoms with Crippen LogP contribution in [0.3, 0.4) is 0 Å². The zero-order valence-corrected chi connectivity index (χ0v) is 12.6. The fraction of sp³-hybridized carbons (Fsp3) is 1.00. The summed E-state index contributed by atoms with van der Waals surface area (Å²) in [7, 11) is -3.12. The summed E-state index contributed by atoms with van der Waals surface area (Å²) in [5, 5.41) is 0. The third-order valence-corrected chi connectivity index (χ3v) is 5.93. The van der Waals surface area contributed by atoms with E-state index in [9.17, 15) is 8.42 Å². The predicted molar refractivity (Wildman–Crippen MR) is 72.9 cm³/mol. The Labute approximate surface area is 111 Å². The molecular formula is C12H24ClNO2S. The van der Waals surface area contributed by atoms with Gasteiger partial charge in [0.15, 0.2) is 0 Å². The van der Waals surface area contributed by atoms with Gasteiger partial charge in [0.05, 0.1) is 5.75 Å². The molecule has 0 bridgehead atoms. The van der Waals surface area contributed by atoms with Crippen molar-refractivity contribution in [3.8, 4) is 0 Å². The van der Waals surface area contributed by atoms with Crippen LogP contribution in [0.25, 0.3) is 0 Å². The van der Waals surface area contributed by atoms with Crippen LogP contribution in [0.4, 0.5) is 0 Å². The van der Waals surface area contributed by atoms with E-state index < -0.39 is 10.0 Å². The van der Waals surface area contributed by atoms with Gasteiger partial charge in [-0.15, -0.1) is 11.6 Å². The average Bonchev–Trinajstić information content (AvgIpc) is 2.41. The minimum atomic E-state index is -3.12. The van der Waals surface area contributed by atoms with Crippen molar-refractivity contribution < 1.29 is 8.42 Å². The van der Waals surface area contributed by atoms with Crippen LogP contribution in [0.15, 0.2) is 0 Å². The lowest BCUT2D eigenvalue weighted by molar-refractivity contribution is 0.217. The second kappa shape index (κ2) is 5.89. The van der Waals surface area contributed by atoms with E-state index in [1.54, 1.807) is 4.31 Å². The SMILES string of the molecule is CC(C)(C)C1CCCN(S(=O)(=O)CCCl)CC1. The zero-order valence-electron chi connectivity index (χ0n) is 11.1. The van der Waals surface area contributed by atoms with Crippen LogP contribution < -0.4 is 0 Å². The van der Waals surface area contributed by atoms with Crippen molar-refractivity contribution >= 4 is 21.6 Å². The van der Waals surface area contributed by atoms with Gasteiger partial charge in [0, 0.05) is 19.0 Å². The minimum absolute atomic E-state index is 0.0642. The number of hydrogen-bond acceptors (Lipinski definition) is 2. The molecule has 0 radical (unpaired) electrons. The summed E-state index contributed by atoms with van der Waals surface area (Å²) in [5.41, 5.74) is 0.270. The lowest BCUT2D eigenvalue weighted by Gasteiger charge is -2.29. The van der Waals surface area contributed by atoms with Gasteiger partial charge in [-0.25, -0.2) is 12.7 Å². The van der Waals surface area contributed by atoms with Crippen LogP contribution in [-0.2, 0) is 10.0 Å². The molecule has 0 amide bonds. The first kappa shape index (κ1) is 15.3. The average molecular weight is 282 g/mol. The highest BCUT2D eigenvalue weighted by Crippen LogP contribution is 2.34. The van der Waals surface area contributed by atoms with Gasteiger partial charge in [-0.1, -0.05) is 20.8 Å². The van der Waals surface area contributed by atoms with Crippen molar-refractivity contribution in [2.24, 2.45) is 11.3 Å². The smallest absolute Gasteiger partial charge is 0.212 e. The van der Waals surface area contributed by atoms with E-state index in [2.05, 4.69) is 20.8 Å². The molecule has 17 heavy (non-hydrogen) atoms. The van der Waals surface area contributed by atoms with Crippen molar-refractivity contribution in [3.63, 3.8) is 0 Å². The van der Waals surface area contributed by atoms with Gasteiger partial charge in [0.2, 0.25) is 10.0 Å². The number of hydrogen-bond donors (Lipinski definition) is 0. The Morgan fingerprint density at radius 2 is 1.88 bits per heavy atom. The Hall–Kier alpha value is 0.200. The number of alkyl halides is 1. The molecule has 3 nitrogen and oxygen atoms in total. The van der Waals surface area contributed by atoms with Gasteiger partial charge in [-0.3, -0.25) is 0 Å². The first-order valence-electron chi connectivity index (χ1n) is 6.31. The second-order valence-electron chi connectivity index (χ2n) is 5.90. The van der Waals surface area contributed by atoms with Crippen molar-refractivity contribution in [1.29, 1.82) is 0 Å². The molecule has 0 N–H and O–H groups in total. The Morgan fingerprint density at radius 3 is 2.41 bits per heavy atom. The summed E-state index contributed by atoms with van der Waals surface area (Å²) in [4.78, 5) is 0. The number of nitrogens with zero attached hydrogens (tertiary/aromatic N) is 1. The van der Waals surface area contributed by atoms with Crippen molar-refractivity contribution in [3.05, 3.63) is 0 Å². The van der Waals surface area contributed by atoms with E-state index in [0.717, 1.165) is 19.3 Å². The Kier molecular flexibility index (Phi) is 5.29. The van der Waals surface area contributed by atoms with Gasteiger partial charge in [0.25, 0.3) is 0 Å². The maximum atomic E-state index is 11.9. The molecule has 0 aromatic carbocycles. The molecule has 1 atom stereocenters. The molecule has 0 aromatic heterocycles. The standard InChI is InChI=1S/C12H24ClNO2S/c1-12(2,3)11-5-4-8-14(9-6-11)17(15,16)10-7-13/h11H,4-10H2,1-3H3. The normalized spacial score (nSPS) is 24.6. The minimum Gasteiger partial charge on any atom is -0.212 e. The van der Waals surface area contributed by atoms with Crippen molar-refractivity contribution in [2.45, 2.75) is 40.0 Å². The Morgan fingerprint density at radius 1 is 1.24 bits per heavy atom. The molecular weight excluding hydrogens is 258 g/mol. The lowest BCUT2D eigenvalue weighted by Crippen LogP contribution is -2.34. The van der Waals surface area contributed by atoms with E-state index in [1.807, 2.05) is 0 Å². The molecule has 0 spiro atoms. The number of sulfonamides is 1. The first-order chi connectivity index (χ1) is 7.77. The third kappa shape index (κ3) is 4.42. The van der Waals surface area contributed by atoms with Gasteiger partial charge in [-0.2, -0.15) is 0 Å².